The molecule has 0 heterocycles. The van der Waals surface area contributed by atoms with E-state index < -0.39 is 16.0 Å². The summed E-state index contributed by atoms with van der Waals surface area (Å²) in [7, 11) is 0. The maximum absolute atomic E-state index is 10.4. The Morgan fingerprint density at radius 2 is 1.73 bits per heavy atom. The molecular weight excluding hydrogens is 295 g/mol. The number of nitrogens with zero attached hydrogens (tertiary/aromatic N) is 2. The van der Waals surface area contributed by atoms with Crippen molar-refractivity contribution in [1.29, 1.82) is 0 Å². The van der Waals surface area contributed by atoms with E-state index in [0.29, 0.717) is 4.47 Å². The zero-order valence-electron chi connectivity index (χ0n) is 7.71. The summed E-state index contributed by atoms with van der Waals surface area (Å²) in [5.41, 5.74) is -0.0330. The van der Waals surface area contributed by atoms with Crippen LogP contribution in [0.1, 0.15) is 5.56 Å². The predicted octanol–water partition coefficient (Wildman–Crippen LogP) is -1.16. The second-order valence-corrected chi connectivity index (χ2v) is 3.26. The third-order valence-corrected chi connectivity index (χ3v) is 1.92. The zero-order chi connectivity index (χ0) is 10.7. The first-order chi connectivity index (χ1) is 6.52. The van der Waals surface area contributed by atoms with Gasteiger partial charge in [0.1, 0.15) is 0 Å². The van der Waals surface area contributed by atoms with E-state index in [0.717, 1.165) is 0 Å². The molecule has 0 bridgehead atoms. The quantitative estimate of drug-likeness (QED) is 0.305. The molecular formula is C7H4BrKN2O4. The standard InChI is InChI=1S/C7H4BrN2O4.K/c8-6-3-1-2-5(4-6)7(9(11)12)10(13)14;/h1-4H;/q-1;+1. The van der Waals surface area contributed by atoms with Crippen molar-refractivity contribution in [3.05, 3.63) is 60.7 Å². The van der Waals surface area contributed by atoms with Crippen molar-refractivity contribution in [2.24, 2.45) is 0 Å². The van der Waals surface area contributed by atoms with Gasteiger partial charge < -0.3 is 0 Å². The van der Waals surface area contributed by atoms with Gasteiger partial charge in [-0.2, -0.15) is 0 Å². The van der Waals surface area contributed by atoms with E-state index >= 15 is 0 Å². The van der Waals surface area contributed by atoms with E-state index in [-0.39, 0.29) is 56.9 Å². The van der Waals surface area contributed by atoms with Crippen LogP contribution in [0.25, 0.3) is 0 Å². The van der Waals surface area contributed by atoms with Gasteiger partial charge in [-0.1, -0.05) is 22.0 Å². The largest absolute Gasteiger partial charge is 1.00 e. The van der Waals surface area contributed by atoms with Gasteiger partial charge in [-0.25, -0.2) is 0 Å². The molecule has 15 heavy (non-hydrogen) atoms. The minimum Gasteiger partial charge on any atom is -0.265 e. The van der Waals surface area contributed by atoms with E-state index in [1.807, 2.05) is 0 Å². The van der Waals surface area contributed by atoms with Crippen LogP contribution < -0.4 is 51.4 Å². The van der Waals surface area contributed by atoms with Crippen molar-refractivity contribution >= 4 is 15.9 Å². The van der Waals surface area contributed by atoms with Gasteiger partial charge in [-0.3, -0.25) is 20.2 Å². The Bertz CT molecular complexity index is 373. The van der Waals surface area contributed by atoms with Crippen LogP contribution >= 0.6 is 15.9 Å². The van der Waals surface area contributed by atoms with Gasteiger partial charge in [0, 0.05) is 0 Å². The van der Waals surface area contributed by atoms with E-state index in [2.05, 4.69) is 15.9 Å². The molecule has 0 fully saturated rings. The molecule has 1 rings (SSSR count). The summed E-state index contributed by atoms with van der Waals surface area (Å²) in [5, 5.41) is 20.7. The Labute approximate surface area is 136 Å². The Balaban J connectivity index is 0.00000196. The van der Waals surface area contributed by atoms with Crippen LogP contribution in [0, 0.1) is 26.4 Å². The third-order valence-electron chi connectivity index (χ3n) is 1.43. The van der Waals surface area contributed by atoms with Crippen molar-refractivity contribution in [3.63, 3.8) is 0 Å². The molecule has 0 aliphatic heterocycles. The SMILES string of the molecule is O=[N+]([O-])[C-](c1cccc(Br)c1)[N+](=O)[O-].[K+]. The second kappa shape index (κ2) is 6.56. The fraction of sp³-hybridized carbons (Fsp3) is 0. The Hall–Kier alpha value is 0.00636. The summed E-state index contributed by atoms with van der Waals surface area (Å²) < 4.78 is 0.552. The molecule has 6 nitrogen and oxygen atoms in total. The van der Waals surface area contributed by atoms with Gasteiger partial charge in [0.05, 0.1) is 9.85 Å². The van der Waals surface area contributed by atoms with Crippen molar-refractivity contribution in [3.8, 4) is 0 Å². The number of rotatable bonds is 3. The van der Waals surface area contributed by atoms with Crippen molar-refractivity contribution in [2.75, 3.05) is 0 Å². The number of nitro groups is 2. The zero-order valence-corrected chi connectivity index (χ0v) is 12.4. The number of hydrogen-bond acceptors (Lipinski definition) is 4. The predicted molar refractivity (Wildman–Crippen MR) is 50.5 cm³/mol. The smallest absolute Gasteiger partial charge is 0.265 e. The molecule has 0 saturated carbocycles. The summed E-state index contributed by atoms with van der Waals surface area (Å²) in [5.74, 6) is 0. The molecule has 0 saturated heterocycles. The minimum atomic E-state index is -1.02. The Morgan fingerprint density at radius 1 is 1.20 bits per heavy atom. The van der Waals surface area contributed by atoms with Gasteiger partial charge in [0.25, 0.3) is 0 Å². The maximum atomic E-state index is 10.4. The van der Waals surface area contributed by atoms with E-state index in [1.54, 1.807) is 6.07 Å². The van der Waals surface area contributed by atoms with Gasteiger partial charge in [-0.15, -0.1) is 18.2 Å². The first-order valence-corrected chi connectivity index (χ1v) is 4.23. The van der Waals surface area contributed by atoms with Crippen LogP contribution in [0.15, 0.2) is 28.7 Å². The third kappa shape index (κ3) is 4.17. The van der Waals surface area contributed by atoms with Crippen molar-refractivity contribution in [1.82, 2.24) is 0 Å². The Morgan fingerprint density at radius 3 is 2.13 bits per heavy atom. The topological polar surface area (TPSA) is 86.3 Å². The molecule has 0 aliphatic carbocycles. The summed E-state index contributed by atoms with van der Waals surface area (Å²) in [6.07, 6.45) is -1.02. The van der Waals surface area contributed by atoms with E-state index in [1.165, 1.54) is 18.2 Å². The first kappa shape index (κ1) is 15.0. The molecule has 0 aliphatic rings. The molecule has 0 N–H and O–H groups in total. The number of hydrogen-bond donors (Lipinski definition) is 0. The van der Waals surface area contributed by atoms with Crippen LogP contribution in [0.4, 0.5) is 0 Å². The van der Waals surface area contributed by atoms with Gasteiger partial charge in [0.15, 0.2) is 0 Å². The monoisotopic (exact) mass is 298 g/mol. The summed E-state index contributed by atoms with van der Waals surface area (Å²) in [6, 6.07) is 5.75. The average Bonchev–Trinajstić information content (AvgIpc) is 2.02. The molecule has 0 spiro atoms. The number of benzene rings is 1. The summed E-state index contributed by atoms with van der Waals surface area (Å²) in [6.45, 7) is 0. The van der Waals surface area contributed by atoms with Crippen LogP contribution in [0.3, 0.4) is 0 Å². The fourth-order valence-corrected chi connectivity index (χ4v) is 1.30. The van der Waals surface area contributed by atoms with Crippen LogP contribution in [-0.2, 0) is 0 Å². The normalized spacial score (nSPS) is 8.87. The average molecular weight is 299 g/mol. The molecule has 0 radical (unpaired) electrons. The molecule has 0 atom stereocenters. The summed E-state index contributed by atoms with van der Waals surface area (Å²) >= 11 is 3.07. The molecule has 8 heteroatoms. The molecule has 1 aromatic rings. The van der Waals surface area contributed by atoms with E-state index in [4.69, 9.17) is 0 Å². The van der Waals surface area contributed by atoms with Crippen molar-refractivity contribution < 1.29 is 61.2 Å². The first-order valence-electron chi connectivity index (χ1n) is 3.44. The Kier molecular flexibility index (Phi) is 6.56. The van der Waals surface area contributed by atoms with Crippen molar-refractivity contribution in [2.45, 2.75) is 0 Å². The molecule has 0 unspecified atom stereocenters. The molecule has 0 amide bonds. The van der Waals surface area contributed by atoms with Crippen LogP contribution in [0.2, 0.25) is 0 Å². The molecule has 74 valence electrons. The van der Waals surface area contributed by atoms with Gasteiger partial charge in [0.2, 0.25) is 0 Å². The van der Waals surface area contributed by atoms with Gasteiger partial charge >= 0.3 is 57.6 Å². The second-order valence-electron chi connectivity index (χ2n) is 2.35. The maximum Gasteiger partial charge on any atom is 1.00 e. The van der Waals surface area contributed by atoms with Gasteiger partial charge in [-0.05, 0) is 10.0 Å². The molecule has 1 aromatic carbocycles. The van der Waals surface area contributed by atoms with Crippen LogP contribution in [0.5, 0.6) is 0 Å². The van der Waals surface area contributed by atoms with Crippen LogP contribution in [-0.4, -0.2) is 9.85 Å². The van der Waals surface area contributed by atoms with E-state index in [9.17, 15) is 20.2 Å². The fourth-order valence-electron chi connectivity index (χ4n) is 0.905. The minimum absolute atomic E-state index is 0. The number of halogens is 1. The molecule has 0 aromatic heterocycles. The summed E-state index contributed by atoms with van der Waals surface area (Å²) in [4.78, 5) is 18.7.